The number of benzene rings is 3. The molecule has 0 radical (unpaired) electrons. The highest BCUT2D eigenvalue weighted by molar-refractivity contribution is 5.96. The van der Waals surface area contributed by atoms with E-state index in [9.17, 15) is 19.8 Å². The third-order valence-corrected chi connectivity index (χ3v) is 7.16. The molecular formula is C32H32O7. The first kappa shape index (κ1) is 26.4. The summed E-state index contributed by atoms with van der Waals surface area (Å²) in [6.07, 6.45) is 7.07. The molecule has 2 N–H and O–H groups in total. The van der Waals surface area contributed by atoms with E-state index in [1.54, 1.807) is 12.1 Å². The number of aromatic hydroxyl groups is 2. The number of phenols is 2. The van der Waals surface area contributed by atoms with Crippen molar-refractivity contribution in [3.8, 4) is 34.3 Å². The maximum absolute atomic E-state index is 13.1. The molecule has 202 valence electrons. The number of fused-ring (bicyclic) bond motifs is 3. The lowest BCUT2D eigenvalue weighted by molar-refractivity contribution is -0.135. The van der Waals surface area contributed by atoms with Crippen LogP contribution in [0.25, 0.3) is 22.3 Å². The van der Waals surface area contributed by atoms with Crippen molar-refractivity contribution < 1.29 is 28.9 Å². The number of hydrogen-bond donors (Lipinski definition) is 2. The maximum Gasteiger partial charge on any atom is 0.312 e. The highest BCUT2D eigenvalue weighted by Gasteiger charge is 2.36. The monoisotopic (exact) mass is 528 g/mol. The molecular weight excluding hydrogens is 496 g/mol. The molecule has 1 aromatic heterocycles. The van der Waals surface area contributed by atoms with E-state index >= 15 is 0 Å². The molecule has 3 aromatic carbocycles. The number of esters is 1. The average Bonchev–Trinajstić information content (AvgIpc) is 2.95. The summed E-state index contributed by atoms with van der Waals surface area (Å²) >= 11 is 0. The van der Waals surface area contributed by atoms with Crippen LogP contribution in [0.5, 0.6) is 23.0 Å². The van der Waals surface area contributed by atoms with Gasteiger partial charge in [-0.15, -0.1) is 0 Å². The quantitative estimate of drug-likeness (QED) is 0.0983. The Balaban J connectivity index is 1.49. The maximum atomic E-state index is 13.1. The van der Waals surface area contributed by atoms with E-state index in [4.69, 9.17) is 13.9 Å². The lowest BCUT2D eigenvalue weighted by Gasteiger charge is -2.27. The zero-order valence-electron chi connectivity index (χ0n) is 21.9. The second-order valence-electron chi connectivity index (χ2n) is 9.90. The summed E-state index contributed by atoms with van der Waals surface area (Å²) in [5.41, 5.74) is 1.34. The van der Waals surface area contributed by atoms with Gasteiger partial charge in [-0.2, -0.15) is 0 Å². The molecule has 1 atom stereocenters. The van der Waals surface area contributed by atoms with Crippen molar-refractivity contribution in [2.24, 2.45) is 0 Å². The molecule has 1 aliphatic rings. The van der Waals surface area contributed by atoms with Crippen molar-refractivity contribution in [1.82, 2.24) is 0 Å². The number of carbonyl (C=O) groups is 1. The van der Waals surface area contributed by atoms with E-state index in [2.05, 4.69) is 6.92 Å². The third kappa shape index (κ3) is 5.48. The number of carbonyl (C=O) groups excluding carboxylic acids is 1. The Morgan fingerprint density at radius 1 is 0.897 bits per heavy atom. The first-order valence-electron chi connectivity index (χ1n) is 13.5. The number of phenolic OH excluding ortho intramolecular Hbond substituents is 2. The highest BCUT2D eigenvalue weighted by Crippen LogP contribution is 2.52. The van der Waals surface area contributed by atoms with Crippen LogP contribution in [-0.2, 0) is 4.79 Å². The number of unbranched alkanes of at least 4 members (excludes halogenated alkanes) is 5. The minimum absolute atomic E-state index is 0.0243. The van der Waals surface area contributed by atoms with E-state index < -0.39 is 28.8 Å². The van der Waals surface area contributed by atoms with Crippen molar-refractivity contribution in [2.75, 3.05) is 6.61 Å². The molecule has 4 aromatic rings. The van der Waals surface area contributed by atoms with E-state index in [0.717, 1.165) is 24.2 Å². The second kappa shape index (κ2) is 11.6. The Morgan fingerprint density at radius 2 is 1.62 bits per heavy atom. The van der Waals surface area contributed by atoms with Gasteiger partial charge in [-0.05, 0) is 24.1 Å². The molecule has 2 heterocycles. The topological polar surface area (TPSA) is 106 Å². The zero-order chi connectivity index (χ0) is 27.4. The van der Waals surface area contributed by atoms with Gasteiger partial charge in [0.2, 0.25) is 5.75 Å². The molecule has 0 spiro atoms. The number of hydrogen-bond acceptors (Lipinski definition) is 7. The average molecular weight is 529 g/mol. The summed E-state index contributed by atoms with van der Waals surface area (Å²) in [7, 11) is 0. The molecule has 0 fully saturated rings. The van der Waals surface area contributed by atoms with Crippen molar-refractivity contribution in [1.29, 1.82) is 0 Å². The van der Waals surface area contributed by atoms with Gasteiger partial charge >= 0.3 is 5.97 Å². The van der Waals surface area contributed by atoms with Crippen LogP contribution in [0.2, 0.25) is 0 Å². The van der Waals surface area contributed by atoms with Crippen molar-refractivity contribution in [3.05, 3.63) is 82.0 Å². The van der Waals surface area contributed by atoms with Crippen molar-refractivity contribution in [3.63, 3.8) is 0 Å². The van der Waals surface area contributed by atoms with Gasteiger partial charge in [0.25, 0.3) is 0 Å². The van der Waals surface area contributed by atoms with Crippen LogP contribution in [0.15, 0.2) is 69.9 Å². The Kier molecular flexibility index (Phi) is 7.87. The predicted molar refractivity (Wildman–Crippen MR) is 149 cm³/mol. The number of ether oxygens (including phenoxy) is 2. The Hall–Kier alpha value is -4.26. The van der Waals surface area contributed by atoms with Gasteiger partial charge in [-0.25, -0.2) is 0 Å². The van der Waals surface area contributed by atoms with Gasteiger partial charge in [0, 0.05) is 17.5 Å². The third-order valence-electron chi connectivity index (χ3n) is 7.16. The standard InChI is InChI=1S/C32H32O7/c1-2-3-4-5-6-10-17-37-22-15-13-20(14-16-22)23-18-26(34)39-32-27(23)31-28(29(35)30(32)36)24(33)19-25(38-31)21-11-8-7-9-12-21/h7-9,11-16,19,23,35-36H,2-6,10,17-18H2,1H3. The summed E-state index contributed by atoms with van der Waals surface area (Å²) in [6, 6.07) is 17.8. The molecule has 0 amide bonds. The molecule has 0 aliphatic carbocycles. The van der Waals surface area contributed by atoms with Crippen LogP contribution in [0.4, 0.5) is 0 Å². The van der Waals surface area contributed by atoms with Crippen LogP contribution < -0.4 is 14.9 Å². The fraction of sp³-hybridized carbons (Fsp3) is 0.312. The molecule has 7 nitrogen and oxygen atoms in total. The van der Waals surface area contributed by atoms with Gasteiger partial charge in [0.15, 0.2) is 16.9 Å². The first-order valence-corrected chi connectivity index (χ1v) is 13.5. The van der Waals surface area contributed by atoms with Gasteiger partial charge in [-0.1, -0.05) is 81.5 Å². The van der Waals surface area contributed by atoms with Crippen LogP contribution in [0.1, 0.15) is 68.9 Å². The summed E-state index contributed by atoms with van der Waals surface area (Å²) in [4.78, 5) is 25.7. The van der Waals surface area contributed by atoms with E-state index in [1.165, 1.54) is 31.7 Å². The molecule has 0 saturated heterocycles. The van der Waals surface area contributed by atoms with Crippen LogP contribution in [0, 0.1) is 0 Å². The van der Waals surface area contributed by atoms with Gasteiger partial charge < -0.3 is 24.1 Å². The summed E-state index contributed by atoms with van der Waals surface area (Å²) in [5, 5.41) is 21.3. The minimum Gasteiger partial charge on any atom is -0.504 e. The summed E-state index contributed by atoms with van der Waals surface area (Å²) in [5.74, 6) is -1.64. The van der Waals surface area contributed by atoms with Gasteiger partial charge in [-0.3, -0.25) is 9.59 Å². The summed E-state index contributed by atoms with van der Waals surface area (Å²) < 4.78 is 17.5. The fourth-order valence-electron chi connectivity index (χ4n) is 5.11. The van der Waals surface area contributed by atoms with E-state index in [-0.39, 0.29) is 23.1 Å². The molecule has 0 bridgehead atoms. The SMILES string of the molecule is CCCCCCCCOc1ccc(C2CC(=O)Oc3c(O)c(O)c4c(=O)cc(-c5ccccc5)oc4c32)cc1. The zero-order valence-corrected chi connectivity index (χ0v) is 21.9. The molecule has 1 aliphatic heterocycles. The minimum atomic E-state index is -0.677. The van der Waals surface area contributed by atoms with E-state index in [1.807, 2.05) is 42.5 Å². The highest BCUT2D eigenvalue weighted by atomic mass is 16.5. The predicted octanol–water partition coefficient (Wildman–Crippen LogP) is 7.05. The largest absolute Gasteiger partial charge is 0.504 e. The van der Waals surface area contributed by atoms with Gasteiger partial charge in [0.1, 0.15) is 22.5 Å². The van der Waals surface area contributed by atoms with Crippen LogP contribution in [0.3, 0.4) is 0 Å². The van der Waals surface area contributed by atoms with E-state index in [0.29, 0.717) is 23.5 Å². The Morgan fingerprint density at radius 3 is 2.36 bits per heavy atom. The smallest absolute Gasteiger partial charge is 0.312 e. The lowest BCUT2D eigenvalue weighted by atomic mass is 9.84. The van der Waals surface area contributed by atoms with Crippen molar-refractivity contribution in [2.45, 2.75) is 57.8 Å². The Bertz CT molecular complexity index is 1520. The lowest BCUT2D eigenvalue weighted by Crippen LogP contribution is -2.22. The second-order valence-corrected chi connectivity index (χ2v) is 9.90. The molecule has 5 rings (SSSR count). The molecule has 1 unspecified atom stereocenters. The normalized spacial score (nSPS) is 14.7. The van der Waals surface area contributed by atoms with Crippen molar-refractivity contribution >= 4 is 16.9 Å². The molecule has 7 heteroatoms. The number of rotatable bonds is 10. The Labute approximate surface area is 226 Å². The van der Waals surface area contributed by atoms with Crippen LogP contribution in [-0.4, -0.2) is 22.8 Å². The summed E-state index contributed by atoms with van der Waals surface area (Å²) in [6.45, 7) is 2.84. The van der Waals surface area contributed by atoms with Gasteiger partial charge in [0.05, 0.1) is 18.6 Å². The molecule has 39 heavy (non-hydrogen) atoms. The first-order chi connectivity index (χ1) is 19.0. The fourth-order valence-corrected chi connectivity index (χ4v) is 5.11. The van der Waals surface area contributed by atoms with Crippen LogP contribution >= 0.6 is 0 Å². The molecule has 0 saturated carbocycles.